The Morgan fingerprint density at radius 3 is 2.59 bits per heavy atom. The molecule has 2 saturated heterocycles. The van der Waals surface area contributed by atoms with E-state index in [4.69, 9.17) is 0 Å². The van der Waals surface area contributed by atoms with Gasteiger partial charge < -0.3 is 20.0 Å². The number of nitrogens with one attached hydrogen (secondary N) is 1. The number of likely N-dealkylation sites (tertiary alicyclic amines) is 1. The maximum absolute atomic E-state index is 12.4. The number of amides is 2. The Morgan fingerprint density at radius 1 is 1.15 bits per heavy atom. The van der Waals surface area contributed by atoms with Gasteiger partial charge in [-0.05, 0) is 38.9 Å². The molecule has 0 radical (unpaired) electrons. The first-order chi connectivity index (χ1) is 13.0. The van der Waals surface area contributed by atoms with Crippen LogP contribution in [0.2, 0.25) is 0 Å². The van der Waals surface area contributed by atoms with Gasteiger partial charge in [0.25, 0.3) is 0 Å². The van der Waals surface area contributed by atoms with Crippen LogP contribution in [0.4, 0.5) is 5.82 Å². The van der Waals surface area contributed by atoms with Crippen LogP contribution in [0.25, 0.3) is 0 Å². The molecule has 148 valence electrons. The third-order valence-corrected chi connectivity index (χ3v) is 5.75. The van der Waals surface area contributed by atoms with Crippen molar-refractivity contribution in [2.24, 2.45) is 0 Å². The van der Waals surface area contributed by atoms with Crippen molar-refractivity contribution in [1.82, 2.24) is 20.1 Å². The number of rotatable bonds is 5. The van der Waals surface area contributed by atoms with E-state index in [9.17, 15) is 9.59 Å². The second-order valence-corrected chi connectivity index (χ2v) is 7.67. The number of nitrogens with zero attached hydrogens (tertiary/aromatic N) is 4. The fourth-order valence-electron chi connectivity index (χ4n) is 3.82. The van der Waals surface area contributed by atoms with Gasteiger partial charge in [0.2, 0.25) is 11.8 Å². The second kappa shape index (κ2) is 9.17. The fraction of sp³-hybridized carbons (Fsp3) is 0.650. The van der Waals surface area contributed by atoms with Crippen LogP contribution >= 0.6 is 0 Å². The number of carbonyl (C=O) groups is 2. The van der Waals surface area contributed by atoms with E-state index in [-0.39, 0.29) is 30.7 Å². The van der Waals surface area contributed by atoms with Crippen LogP contribution in [0.15, 0.2) is 24.4 Å². The molecule has 2 atom stereocenters. The average Bonchev–Trinajstić information content (AvgIpc) is 2.70. The second-order valence-electron chi connectivity index (χ2n) is 7.67. The van der Waals surface area contributed by atoms with Gasteiger partial charge >= 0.3 is 0 Å². The highest BCUT2D eigenvalue weighted by Gasteiger charge is 2.25. The SMILES string of the molecule is CC1CC(NC(=O)CCC(=O)N2CCN(c3ccccn3)CC2)CCN1C. The minimum Gasteiger partial charge on any atom is -0.353 e. The number of carbonyl (C=O) groups excluding carboxylic acids is 2. The first-order valence-corrected chi connectivity index (χ1v) is 9.96. The Morgan fingerprint density at radius 2 is 1.93 bits per heavy atom. The maximum Gasteiger partial charge on any atom is 0.223 e. The van der Waals surface area contributed by atoms with Crippen molar-refractivity contribution in [3.05, 3.63) is 24.4 Å². The number of pyridine rings is 1. The standard InChI is InChI=1S/C20H31N5O2/c1-16-15-17(8-10-23(16)2)22-19(26)6-7-20(27)25-13-11-24(12-14-25)18-5-3-4-9-21-18/h3-5,9,16-17H,6-8,10-15H2,1-2H3,(H,22,26). The smallest absolute Gasteiger partial charge is 0.223 e. The average molecular weight is 374 g/mol. The monoisotopic (exact) mass is 373 g/mol. The minimum absolute atomic E-state index is 0.00257. The number of aromatic nitrogens is 1. The molecule has 2 fully saturated rings. The molecule has 0 aromatic carbocycles. The molecule has 0 bridgehead atoms. The number of hydrogen-bond donors (Lipinski definition) is 1. The minimum atomic E-state index is -0.00257. The molecule has 0 saturated carbocycles. The molecule has 0 spiro atoms. The van der Waals surface area contributed by atoms with E-state index in [1.165, 1.54) is 0 Å². The Balaban J connectivity index is 1.36. The van der Waals surface area contributed by atoms with Crippen LogP contribution in [0.5, 0.6) is 0 Å². The summed E-state index contributed by atoms with van der Waals surface area (Å²) < 4.78 is 0. The topological polar surface area (TPSA) is 68.8 Å². The van der Waals surface area contributed by atoms with Crippen LogP contribution in [0.1, 0.15) is 32.6 Å². The fourth-order valence-corrected chi connectivity index (χ4v) is 3.82. The molecule has 7 nitrogen and oxygen atoms in total. The van der Waals surface area contributed by atoms with Crippen molar-refractivity contribution in [2.45, 2.75) is 44.7 Å². The van der Waals surface area contributed by atoms with Gasteiger partial charge in [0.15, 0.2) is 0 Å². The molecule has 0 aliphatic carbocycles. The highest BCUT2D eigenvalue weighted by atomic mass is 16.2. The van der Waals surface area contributed by atoms with Crippen LogP contribution in [0, 0.1) is 0 Å². The zero-order valence-corrected chi connectivity index (χ0v) is 16.4. The van der Waals surface area contributed by atoms with E-state index in [1.54, 1.807) is 6.20 Å². The molecule has 3 rings (SSSR count). The van der Waals surface area contributed by atoms with E-state index in [0.29, 0.717) is 19.1 Å². The highest BCUT2D eigenvalue weighted by molar-refractivity contribution is 5.84. The summed E-state index contributed by atoms with van der Waals surface area (Å²) in [6.45, 7) is 6.12. The Bertz CT molecular complexity index is 631. The van der Waals surface area contributed by atoms with Crippen LogP contribution in [-0.2, 0) is 9.59 Å². The molecule has 2 aliphatic rings. The van der Waals surface area contributed by atoms with Crippen LogP contribution in [-0.4, -0.2) is 78.5 Å². The molecule has 2 aliphatic heterocycles. The van der Waals surface area contributed by atoms with Crippen LogP contribution in [0.3, 0.4) is 0 Å². The van der Waals surface area contributed by atoms with Gasteiger partial charge in [0.05, 0.1) is 0 Å². The summed E-state index contributed by atoms with van der Waals surface area (Å²) in [6.07, 6.45) is 4.32. The third-order valence-electron chi connectivity index (χ3n) is 5.75. The molecule has 3 heterocycles. The van der Waals surface area contributed by atoms with Crippen molar-refractivity contribution in [2.75, 3.05) is 44.7 Å². The summed E-state index contributed by atoms with van der Waals surface area (Å²) in [5, 5.41) is 3.10. The normalized spacial score (nSPS) is 23.9. The van der Waals surface area contributed by atoms with Crippen molar-refractivity contribution in [1.29, 1.82) is 0 Å². The molecule has 1 aromatic heterocycles. The maximum atomic E-state index is 12.4. The quantitative estimate of drug-likeness (QED) is 0.837. The lowest BCUT2D eigenvalue weighted by Crippen LogP contribution is -2.49. The number of hydrogen-bond acceptors (Lipinski definition) is 5. The lowest BCUT2D eigenvalue weighted by atomic mass is 9.99. The Labute approximate surface area is 161 Å². The van der Waals surface area contributed by atoms with Gasteiger partial charge in [-0.2, -0.15) is 0 Å². The van der Waals surface area contributed by atoms with Gasteiger partial charge in [-0.25, -0.2) is 4.98 Å². The van der Waals surface area contributed by atoms with Gasteiger partial charge in [0.1, 0.15) is 5.82 Å². The number of anilines is 1. The lowest BCUT2D eigenvalue weighted by Gasteiger charge is -2.36. The molecular weight excluding hydrogens is 342 g/mol. The number of piperazine rings is 1. The number of piperidine rings is 1. The van der Waals surface area contributed by atoms with Crippen molar-refractivity contribution < 1.29 is 9.59 Å². The first kappa shape index (κ1) is 19.6. The van der Waals surface area contributed by atoms with E-state index in [1.807, 2.05) is 23.1 Å². The highest BCUT2D eigenvalue weighted by Crippen LogP contribution is 2.16. The van der Waals surface area contributed by atoms with E-state index in [0.717, 1.165) is 38.3 Å². The van der Waals surface area contributed by atoms with E-state index in [2.05, 4.69) is 34.1 Å². The van der Waals surface area contributed by atoms with E-state index >= 15 is 0 Å². The predicted molar refractivity (Wildman–Crippen MR) is 106 cm³/mol. The molecule has 1 N–H and O–H groups in total. The lowest BCUT2D eigenvalue weighted by molar-refractivity contribution is -0.134. The van der Waals surface area contributed by atoms with Gasteiger partial charge in [-0.15, -0.1) is 0 Å². The molecule has 2 unspecified atom stereocenters. The zero-order valence-electron chi connectivity index (χ0n) is 16.4. The molecule has 1 aromatic rings. The summed E-state index contributed by atoms with van der Waals surface area (Å²) in [5.41, 5.74) is 0. The van der Waals surface area contributed by atoms with Gasteiger partial charge in [-0.3, -0.25) is 9.59 Å². The summed E-state index contributed by atoms with van der Waals surface area (Å²) in [4.78, 5) is 35.4. The molecular formula is C20H31N5O2. The van der Waals surface area contributed by atoms with Crippen molar-refractivity contribution in [3.8, 4) is 0 Å². The van der Waals surface area contributed by atoms with E-state index < -0.39 is 0 Å². The Kier molecular flexibility index (Phi) is 6.66. The summed E-state index contributed by atoms with van der Waals surface area (Å²) in [6, 6.07) is 6.59. The predicted octanol–water partition coefficient (Wildman–Crippen LogP) is 1.11. The third kappa shape index (κ3) is 5.42. The summed E-state index contributed by atoms with van der Waals surface area (Å²) in [5.74, 6) is 1.02. The first-order valence-electron chi connectivity index (χ1n) is 9.96. The van der Waals surface area contributed by atoms with Crippen molar-refractivity contribution >= 4 is 17.6 Å². The van der Waals surface area contributed by atoms with Crippen LogP contribution < -0.4 is 10.2 Å². The molecule has 7 heteroatoms. The zero-order chi connectivity index (χ0) is 19.2. The van der Waals surface area contributed by atoms with Crippen molar-refractivity contribution in [3.63, 3.8) is 0 Å². The summed E-state index contributed by atoms with van der Waals surface area (Å²) in [7, 11) is 2.12. The Hall–Kier alpha value is -2.15. The summed E-state index contributed by atoms with van der Waals surface area (Å²) >= 11 is 0. The molecule has 2 amide bonds. The van der Waals surface area contributed by atoms with Gasteiger partial charge in [-0.1, -0.05) is 6.07 Å². The van der Waals surface area contributed by atoms with Gasteiger partial charge in [0, 0.05) is 63.8 Å². The molecule has 27 heavy (non-hydrogen) atoms. The largest absolute Gasteiger partial charge is 0.353 e.